The Bertz CT molecular complexity index is 367. The van der Waals surface area contributed by atoms with Gasteiger partial charge in [-0.3, -0.25) is 0 Å². The number of halogens is 3. The molecule has 1 aromatic carbocycles. The van der Waals surface area contributed by atoms with E-state index in [1.54, 1.807) is 24.3 Å². The Morgan fingerprint density at radius 1 is 1.43 bits per heavy atom. The van der Waals surface area contributed by atoms with Gasteiger partial charge in [0.2, 0.25) is 0 Å². The number of aliphatic hydroxyl groups excluding tert-OH is 1. The van der Waals surface area contributed by atoms with Gasteiger partial charge in [0.25, 0.3) is 5.92 Å². The Balaban J connectivity index is 2.40. The molecule has 1 nitrogen and oxygen atoms in total. The zero-order chi connectivity index (χ0) is 10.4. The highest BCUT2D eigenvalue weighted by Gasteiger charge is 2.71. The number of rotatable bonds is 2. The molecule has 0 heterocycles. The zero-order valence-corrected chi connectivity index (χ0v) is 8.89. The second-order valence-corrected chi connectivity index (χ2v) is 4.55. The molecule has 0 aliphatic heterocycles. The van der Waals surface area contributed by atoms with Crippen molar-refractivity contribution < 1.29 is 13.9 Å². The molecule has 76 valence electrons. The van der Waals surface area contributed by atoms with Gasteiger partial charge in [0.15, 0.2) is 0 Å². The number of benzene rings is 1. The van der Waals surface area contributed by atoms with E-state index in [0.717, 1.165) is 4.47 Å². The molecule has 0 radical (unpaired) electrons. The van der Waals surface area contributed by atoms with Gasteiger partial charge in [-0.25, -0.2) is 8.78 Å². The first-order valence-corrected chi connectivity index (χ1v) is 5.06. The summed E-state index contributed by atoms with van der Waals surface area (Å²) in [6.45, 7) is -0.504. The average Bonchev–Trinajstić information content (AvgIpc) is 2.70. The van der Waals surface area contributed by atoms with Crippen LogP contribution in [0.15, 0.2) is 28.7 Å². The molecule has 2 rings (SSSR count). The molecule has 0 aromatic heterocycles. The summed E-state index contributed by atoms with van der Waals surface area (Å²) in [5.41, 5.74) is -0.837. The van der Waals surface area contributed by atoms with E-state index in [1.165, 1.54) is 0 Å². The van der Waals surface area contributed by atoms with Gasteiger partial charge >= 0.3 is 0 Å². The molecule has 1 aromatic rings. The molecule has 0 saturated heterocycles. The predicted molar refractivity (Wildman–Crippen MR) is 52.5 cm³/mol. The fourth-order valence-electron chi connectivity index (χ4n) is 1.70. The van der Waals surface area contributed by atoms with Crippen molar-refractivity contribution in [3.63, 3.8) is 0 Å². The number of aliphatic hydroxyl groups is 1. The van der Waals surface area contributed by atoms with Crippen LogP contribution < -0.4 is 0 Å². The van der Waals surface area contributed by atoms with Crippen LogP contribution in [-0.2, 0) is 5.41 Å². The maximum Gasteiger partial charge on any atom is 0.261 e. The van der Waals surface area contributed by atoms with Crippen LogP contribution in [0.4, 0.5) is 8.78 Å². The van der Waals surface area contributed by atoms with E-state index < -0.39 is 17.9 Å². The van der Waals surface area contributed by atoms with Gasteiger partial charge in [0.05, 0.1) is 12.0 Å². The minimum absolute atomic E-state index is 0.257. The molecular formula is C10H9BrF2O. The van der Waals surface area contributed by atoms with Crippen LogP contribution in [0.5, 0.6) is 0 Å². The van der Waals surface area contributed by atoms with Crippen LogP contribution in [0.3, 0.4) is 0 Å². The van der Waals surface area contributed by atoms with Crippen molar-refractivity contribution in [2.45, 2.75) is 17.8 Å². The Labute approximate surface area is 88.9 Å². The first-order valence-electron chi connectivity index (χ1n) is 4.27. The van der Waals surface area contributed by atoms with Crippen molar-refractivity contribution in [1.82, 2.24) is 0 Å². The lowest BCUT2D eigenvalue weighted by Gasteiger charge is -2.13. The van der Waals surface area contributed by atoms with Gasteiger partial charge in [-0.05, 0) is 17.7 Å². The monoisotopic (exact) mass is 262 g/mol. The maximum absolute atomic E-state index is 13.1. The fourth-order valence-corrected chi connectivity index (χ4v) is 2.10. The summed E-state index contributed by atoms with van der Waals surface area (Å²) in [6.07, 6.45) is -0.257. The van der Waals surface area contributed by atoms with Crippen molar-refractivity contribution in [3.8, 4) is 0 Å². The molecule has 1 N–H and O–H groups in total. The highest BCUT2D eigenvalue weighted by molar-refractivity contribution is 9.10. The summed E-state index contributed by atoms with van der Waals surface area (Å²) in [5, 5.41) is 9.04. The van der Waals surface area contributed by atoms with Crippen LogP contribution in [0.2, 0.25) is 0 Å². The molecule has 1 fully saturated rings. The topological polar surface area (TPSA) is 20.2 Å². The minimum Gasteiger partial charge on any atom is -0.395 e. The Morgan fingerprint density at radius 3 is 2.50 bits per heavy atom. The molecular weight excluding hydrogens is 254 g/mol. The van der Waals surface area contributed by atoms with E-state index in [4.69, 9.17) is 5.11 Å². The highest BCUT2D eigenvalue weighted by atomic mass is 79.9. The molecule has 1 unspecified atom stereocenters. The normalized spacial score (nSPS) is 28.9. The van der Waals surface area contributed by atoms with Gasteiger partial charge in [-0.1, -0.05) is 28.1 Å². The Hall–Kier alpha value is -0.480. The maximum atomic E-state index is 13.1. The molecule has 1 atom stereocenters. The summed E-state index contributed by atoms with van der Waals surface area (Å²) in [4.78, 5) is 0. The van der Waals surface area contributed by atoms with E-state index >= 15 is 0 Å². The molecule has 4 heteroatoms. The lowest BCUT2D eigenvalue weighted by molar-refractivity contribution is 0.0673. The predicted octanol–water partition coefficient (Wildman–Crippen LogP) is 2.72. The van der Waals surface area contributed by atoms with Crippen LogP contribution in [-0.4, -0.2) is 17.6 Å². The van der Waals surface area contributed by atoms with Gasteiger partial charge in [-0.15, -0.1) is 0 Å². The summed E-state index contributed by atoms with van der Waals surface area (Å²) in [7, 11) is 0. The average molecular weight is 263 g/mol. The molecule has 1 saturated carbocycles. The molecule has 0 spiro atoms. The summed E-state index contributed by atoms with van der Waals surface area (Å²) < 4.78 is 26.9. The standard InChI is InChI=1S/C10H9BrF2O/c11-8-3-1-2-7(4-8)9(6-14)5-10(9,12)13/h1-4,14H,5-6H2. The van der Waals surface area contributed by atoms with E-state index in [0.29, 0.717) is 5.56 Å². The molecule has 0 amide bonds. The van der Waals surface area contributed by atoms with E-state index in [2.05, 4.69) is 15.9 Å². The lowest BCUT2D eigenvalue weighted by atomic mass is 9.96. The van der Waals surface area contributed by atoms with Crippen LogP contribution >= 0.6 is 15.9 Å². The zero-order valence-electron chi connectivity index (χ0n) is 7.30. The van der Waals surface area contributed by atoms with Gasteiger partial charge in [-0.2, -0.15) is 0 Å². The fraction of sp³-hybridized carbons (Fsp3) is 0.400. The number of alkyl halides is 2. The summed E-state index contributed by atoms with van der Waals surface area (Å²) in [6, 6.07) is 6.74. The number of hydrogen-bond acceptors (Lipinski definition) is 1. The Kier molecular flexibility index (Phi) is 2.16. The van der Waals surface area contributed by atoms with E-state index in [1.807, 2.05) is 0 Å². The molecule has 1 aliphatic carbocycles. The van der Waals surface area contributed by atoms with Crippen LogP contribution in [0.25, 0.3) is 0 Å². The van der Waals surface area contributed by atoms with Crippen molar-refractivity contribution in [1.29, 1.82) is 0 Å². The third-order valence-corrected chi connectivity index (χ3v) is 3.24. The van der Waals surface area contributed by atoms with Gasteiger partial charge in [0, 0.05) is 10.9 Å². The van der Waals surface area contributed by atoms with Crippen molar-refractivity contribution in [3.05, 3.63) is 34.3 Å². The van der Waals surface area contributed by atoms with E-state index in [-0.39, 0.29) is 6.42 Å². The highest BCUT2D eigenvalue weighted by Crippen LogP contribution is 2.61. The van der Waals surface area contributed by atoms with Gasteiger partial charge in [0.1, 0.15) is 0 Å². The smallest absolute Gasteiger partial charge is 0.261 e. The molecule has 14 heavy (non-hydrogen) atoms. The third kappa shape index (κ3) is 1.28. The SMILES string of the molecule is OCC1(c2cccc(Br)c2)CC1(F)F. The van der Waals surface area contributed by atoms with E-state index in [9.17, 15) is 8.78 Å². The Morgan fingerprint density at radius 2 is 2.07 bits per heavy atom. The first kappa shape index (κ1) is 10.1. The van der Waals surface area contributed by atoms with Crippen molar-refractivity contribution in [2.75, 3.05) is 6.61 Å². The van der Waals surface area contributed by atoms with Crippen molar-refractivity contribution >= 4 is 15.9 Å². The lowest BCUT2D eigenvalue weighted by Crippen LogP contribution is -2.20. The molecule has 0 bridgehead atoms. The minimum atomic E-state index is -2.76. The largest absolute Gasteiger partial charge is 0.395 e. The molecule has 1 aliphatic rings. The van der Waals surface area contributed by atoms with Gasteiger partial charge < -0.3 is 5.11 Å². The van der Waals surface area contributed by atoms with Crippen LogP contribution in [0.1, 0.15) is 12.0 Å². The third-order valence-electron chi connectivity index (χ3n) is 2.75. The van der Waals surface area contributed by atoms with Crippen molar-refractivity contribution in [2.24, 2.45) is 0 Å². The second-order valence-electron chi connectivity index (χ2n) is 3.63. The summed E-state index contributed by atoms with van der Waals surface area (Å²) in [5.74, 6) is -2.76. The quantitative estimate of drug-likeness (QED) is 0.869. The second kappa shape index (κ2) is 3.00. The van der Waals surface area contributed by atoms with Crippen LogP contribution in [0, 0.1) is 0 Å². The summed E-state index contributed by atoms with van der Waals surface area (Å²) >= 11 is 3.22. The number of hydrogen-bond donors (Lipinski definition) is 1. The first-order chi connectivity index (χ1) is 6.52.